The first-order valence-corrected chi connectivity index (χ1v) is 14.8. The molecule has 0 unspecified atom stereocenters. The number of ether oxygens (including phenoxy) is 1. The van der Waals surface area contributed by atoms with E-state index >= 15 is 0 Å². The summed E-state index contributed by atoms with van der Waals surface area (Å²) in [6.07, 6.45) is 7.43. The normalized spacial score (nSPS) is 17.5. The van der Waals surface area contributed by atoms with E-state index in [1.54, 1.807) is 0 Å². The predicted octanol–water partition coefficient (Wildman–Crippen LogP) is 8.94. The van der Waals surface area contributed by atoms with Gasteiger partial charge in [0.1, 0.15) is 10.6 Å². The maximum Gasteiger partial charge on any atom is 0.266 e. The summed E-state index contributed by atoms with van der Waals surface area (Å²) in [7, 11) is 0. The summed E-state index contributed by atoms with van der Waals surface area (Å²) in [4.78, 5) is 21.4. The minimum atomic E-state index is 0.0148. The molecule has 1 saturated carbocycles. The number of hydrogen-bond acceptors (Lipinski definition) is 4. The number of carbonyl (C=O) groups excluding carboxylic acids is 1. The topological polar surface area (TPSA) is 42.4 Å². The third-order valence-electron chi connectivity index (χ3n) is 7.77. The van der Waals surface area contributed by atoms with Gasteiger partial charge in [0.25, 0.3) is 5.91 Å². The first kappa shape index (κ1) is 26.7. The highest BCUT2D eigenvalue weighted by atomic mass is 35.5. The molecule has 0 radical (unpaired) electrons. The second-order valence-corrected chi connectivity index (χ2v) is 11.6. The molecule has 4 aromatic rings. The summed E-state index contributed by atoms with van der Waals surface area (Å²) in [5.74, 6) is 1.58. The molecule has 1 amide bonds. The van der Waals surface area contributed by atoms with Crippen molar-refractivity contribution in [1.82, 2.24) is 9.88 Å². The van der Waals surface area contributed by atoms with Gasteiger partial charge in [0.2, 0.25) is 0 Å². The number of rotatable bonds is 8. The Morgan fingerprint density at radius 3 is 2.50 bits per heavy atom. The van der Waals surface area contributed by atoms with Gasteiger partial charge in [0, 0.05) is 45.7 Å². The predicted molar refractivity (Wildman–Crippen MR) is 158 cm³/mol. The van der Waals surface area contributed by atoms with Gasteiger partial charge in [0.05, 0.1) is 11.6 Å². The van der Waals surface area contributed by atoms with E-state index in [1.807, 2.05) is 56.4 Å². The Bertz CT molecular complexity index is 1410. The molecule has 0 saturated heterocycles. The number of halogens is 1. The summed E-state index contributed by atoms with van der Waals surface area (Å²) < 4.78 is 7.09. The molecule has 198 valence electrons. The van der Waals surface area contributed by atoms with Crippen LogP contribution in [0.4, 0.5) is 0 Å². The van der Waals surface area contributed by atoms with Crippen LogP contribution in [-0.4, -0.2) is 28.4 Å². The third kappa shape index (κ3) is 5.60. The Kier molecular flexibility index (Phi) is 8.35. The standard InChI is InChI=1S/C32H35ClN2O2S/c1-4-22-11-15-26(16-12-22)35(32(36)31-30(33)27-8-6-7-9-29(27)38-31)20-25-18-23(14-17-28(25)37-5-2)24-13-10-21(3)34-19-24/h6-10,13-14,17-19,22,26H,4-5,11-12,15-16,20H2,1-3H3/t22-,26-. The third-order valence-corrected chi connectivity index (χ3v) is 9.43. The monoisotopic (exact) mass is 546 g/mol. The molecule has 2 aromatic carbocycles. The molecule has 5 rings (SSSR count). The summed E-state index contributed by atoms with van der Waals surface area (Å²) in [6, 6.07) is 18.5. The van der Waals surface area contributed by atoms with E-state index in [2.05, 4.69) is 35.0 Å². The highest BCUT2D eigenvalue weighted by molar-refractivity contribution is 7.21. The van der Waals surface area contributed by atoms with Crippen LogP contribution in [0.2, 0.25) is 5.02 Å². The quantitative estimate of drug-likeness (QED) is 0.221. The maximum absolute atomic E-state index is 14.3. The average molecular weight is 547 g/mol. The second-order valence-electron chi connectivity index (χ2n) is 10.2. The van der Waals surface area contributed by atoms with Crippen molar-refractivity contribution in [3.8, 4) is 16.9 Å². The molecule has 6 heteroatoms. The van der Waals surface area contributed by atoms with E-state index < -0.39 is 0 Å². The molecule has 38 heavy (non-hydrogen) atoms. The SMILES string of the molecule is CCOc1ccc(-c2ccc(C)nc2)cc1CN(C(=O)c1sc2ccccc2c1Cl)[C@H]1CC[C@H](CC)CC1. The Labute approximate surface area is 234 Å². The van der Waals surface area contributed by atoms with E-state index in [0.29, 0.717) is 23.1 Å². The first-order valence-electron chi connectivity index (χ1n) is 13.6. The van der Waals surface area contributed by atoms with Crippen LogP contribution in [0.25, 0.3) is 21.2 Å². The van der Waals surface area contributed by atoms with Gasteiger partial charge in [-0.2, -0.15) is 0 Å². The van der Waals surface area contributed by atoms with Crippen LogP contribution in [0.1, 0.15) is 66.9 Å². The minimum absolute atomic E-state index is 0.0148. The lowest BCUT2D eigenvalue weighted by Gasteiger charge is -2.37. The number of thiophene rings is 1. The number of aryl methyl sites for hydroxylation is 1. The van der Waals surface area contributed by atoms with Crippen LogP contribution in [0.5, 0.6) is 5.75 Å². The van der Waals surface area contributed by atoms with E-state index in [9.17, 15) is 4.79 Å². The molecule has 1 aliphatic rings. The Morgan fingerprint density at radius 2 is 1.82 bits per heavy atom. The molecule has 1 aliphatic carbocycles. The van der Waals surface area contributed by atoms with E-state index in [0.717, 1.165) is 69.8 Å². The van der Waals surface area contributed by atoms with Crippen LogP contribution >= 0.6 is 22.9 Å². The van der Waals surface area contributed by atoms with Crippen molar-refractivity contribution in [2.75, 3.05) is 6.61 Å². The van der Waals surface area contributed by atoms with Crippen LogP contribution < -0.4 is 4.74 Å². The number of aromatic nitrogens is 1. The van der Waals surface area contributed by atoms with Gasteiger partial charge in [0.15, 0.2) is 0 Å². The molecule has 0 atom stereocenters. The van der Waals surface area contributed by atoms with Gasteiger partial charge >= 0.3 is 0 Å². The van der Waals surface area contributed by atoms with Gasteiger partial charge in [-0.3, -0.25) is 9.78 Å². The van der Waals surface area contributed by atoms with Crippen molar-refractivity contribution in [2.45, 2.75) is 65.5 Å². The molecule has 0 N–H and O–H groups in total. The number of pyridine rings is 1. The molecule has 0 aliphatic heterocycles. The smallest absolute Gasteiger partial charge is 0.266 e. The van der Waals surface area contributed by atoms with Gasteiger partial charge < -0.3 is 9.64 Å². The van der Waals surface area contributed by atoms with Crippen molar-refractivity contribution < 1.29 is 9.53 Å². The number of carbonyl (C=O) groups is 1. The largest absolute Gasteiger partial charge is 0.494 e. The maximum atomic E-state index is 14.3. The molecule has 4 nitrogen and oxygen atoms in total. The Morgan fingerprint density at radius 1 is 1.05 bits per heavy atom. The summed E-state index contributed by atoms with van der Waals surface area (Å²) in [5, 5.41) is 1.51. The number of fused-ring (bicyclic) bond motifs is 1. The Hall–Kier alpha value is -2.89. The summed E-state index contributed by atoms with van der Waals surface area (Å²) in [6.45, 7) is 7.30. The zero-order valence-corrected chi connectivity index (χ0v) is 23.9. The minimum Gasteiger partial charge on any atom is -0.494 e. The number of benzene rings is 2. The number of hydrogen-bond donors (Lipinski definition) is 0. The van der Waals surface area contributed by atoms with Gasteiger partial charge in [-0.1, -0.05) is 55.3 Å². The van der Waals surface area contributed by atoms with Gasteiger partial charge in [-0.05, 0) is 75.3 Å². The highest BCUT2D eigenvalue weighted by Crippen LogP contribution is 2.39. The Balaban J connectivity index is 1.53. The molecular formula is C32H35ClN2O2S. The van der Waals surface area contributed by atoms with Crippen LogP contribution in [0.15, 0.2) is 60.8 Å². The van der Waals surface area contributed by atoms with Crippen molar-refractivity contribution in [3.05, 3.63) is 82.0 Å². The van der Waals surface area contributed by atoms with Crippen LogP contribution in [0.3, 0.4) is 0 Å². The van der Waals surface area contributed by atoms with Gasteiger partial charge in [-0.25, -0.2) is 0 Å². The average Bonchev–Trinajstić information content (AvgIpc) is 3.29. The highest BCUT2D eigenvalue weighted by Gasteiger charge is 2.32. The summed E-state index contributed by atoms with van der Waals surface area (Å²) in [5.41, 5.74) is 4.11. The molecule has 0 bridgehead atoms. The molecule has 2 heterocycles. The van der Waals surface area contributed by atoms with E-state index in [-0.39, 0.29) is 11.9 Å². The van der Waals surface area contributed by atoms with Crippen LogP contribution in [0, 0.1) is 12.8 Å². The lowest BCUT2D eigenvalue weighted by molar-refractivity contribution is 0.0590. The zero-order valence-electron chi connectivity index (χ0n) is 22.4. The van der Waals surface area contributed by atoms with Crippen molar-refractivity contribution in [2.24, 2.45) is 5.92 Å². The van der Waals surface area contributed by atoms with E-state index in [1.165, 1.54) is 17.8 Å². The molecule has 2 aromatic heterocycles. The first-order chi connectivity index (χ1) is 18.5. The lowest BCUT2D eigenvalue weighted by atomic mass is 9.83. The summed E-state index contributed by atoms with van der Waals surface area (Å²) >= 11 is 8.31. The fraction of sp³-hybridized carbons (Fsp3) is 0.375. The number of nitrogens with zero attached hydrogens (tertiary/aromatic N) is 2. The van der Waals surface area contributed by atoms with Gasteiger partial charge in [-0.15, -0.1) is 11.3 Å². The van der Waals surface area contributed by atoms with Crippen molar-refractivity contribution >= 4 is 38.9 Å². The molecule has 0 spiro atoms. The van der Waals surface area contributed by atoms with Crippen LogP contribution in [-0.2, 0) is 6.54 Å². The van der Waals surface area contributed by atoms with Crippen molar-refractivity contribution in [3.63, 3.8) is 0 Å². The molecular weight excluding hydrogens is 512 g/mol. The fourth-order valence-electron chi connectivity index (χ4n) is 5.51. The van der Waals surface area contributed by atoms with E-state index in [4.69, 9.17) is 16.3 Å². The second kappa shape index (κ2) is 11.9. The zero-order chi connectivity index (χ0) is 26.6. The number of amides is 1. The fourth-order valence-corrected chi connectivity index (χ4v) is 6.98. The lowest BCUT2D eigenvalue weighted by Crippen LogP contribution is -2.41. The van der Waals surface area contributed by atoms with Crippen molar-refractivity contribution in [1.29, 1.82) is 0 Å². The molecule has 1 fully saturated rings.